The monoisotopic (exact) mass is 254 g/mol. The molecule has 0 spiro atoms. The predicted molar refractivity (Wildman–Crippen MR) is 67.6 cm³/mol. The number of hydrogen-bond donors (Lipinski definition) is 0. The molecule has 0 bridgehead atoms. The van der Waals surface area contributed by atoms with Gasteiger partial charge in [0.2, 0.25) is 0 Å². The van der Waals surface area contributed by atoms with Gasteiger partial charge in [0, 0.05) is 26.2 Å². The Bertz CT molecular complexity index is 403. The number of anilines is 1. The number of amides is 1. The molecule has 1 fully saturated rings. The molecule has 17 heavy (non-hydrogen) atoms. The van der Waals surface area contributed by atoms with Crippen molar-refractivity contribution < 1.29 is 9.53 Å². The predicted octanol–water partition coefficient (Wildman–Crippen LogP) is 2.23. The van der Waals surface area contributed by atoms with Crippen LogP contribution in [-0.2, 0) is 4.74 Å². The van der Waals surface area contributed by atoms with Gasteiger partial charge < -0.3 is 14.5 Å². The van der Waals surface area contributed by atoms with Gasteiger partial charge in [0.15, 0.2) is 0 Å². The van der Waals surface area contributed by atoms with E-state index < -0.39 is 0 Å². The van der Waals surface area contributed by atoms with Crippen molar-refractivity contribution in [3.05, 3.63) is 29.3 Å². The molecule has 0 unspecified atom stereocenters. The Balaban J connectivity index is 2.00. The van der Waals surface area contributed by atoms with Gasteiger partial charge in [-0.05, 0) is 12.1 Å². The molecule has 1 amide bonds. The lowest BCUT2D eigenvalue weighted by Crippen LogP contribution is -2.48. The lowest BCUT2D eigenvalue weighted by atomic mass is 10.2. The van der Waals surface area contributed by atoms with Crippen LogP contribution in [-0.4, -0.2) is 44.3 Å². The maximum atomic E-state index is 11.3. The number of ether oxygens (including phenoxy) is 1. The molecular weight excluding hydrogens is 240 g/mol. The minimum atomic E-state index is -0.260. The summed E-state index contributed by atoms with van der Waals surface area (Å²) in [5.41, 5.74) is 1.03. The second kappa shape index (κ2) is 5.27. The van der Waals surface area contributed by atoms with E-state index in [9.17, 15) is 4.79 Å². The van der Waals surface area contributed by atoms with E-state index in [1.54, 1.807) is 4.90 Å². The lowest BCUT2D eigenvalue weighted by Gasteiger charge is -2.35. The van der Waals surface area contributed by atoms with Crippen LogP contribution >= 0.6 is 11.6 Å². The Labute approximate surface area is 106 Å². The summed E-state index contributed by atoms with van der Waals surface area (Å²) in [4.78, 5) is 15.2. The van der Waals surface area contributed by atoms with Crippen LogP contribution in [0, 0.1) is 0 Å². The van der Waals surface area contributed by atoms with Gasteiger partial charge in [-0.25, -0.2) is 4.79 Å². The zero-order valence-corrected chi connectivity index (χ0v) is 10.5. The molecule has 1 aromatic rings. The Morgan fingerprint density at radius 2 is 1.88 bits per heavy atom. The summed E-state index contributed by atoms with van der Waals surface area (Å²) in [7, 11) is 1.41. The van der Waals surface area contributed by atoms with Crippen molar-refractivity contribution in [2.24, 2.45) is 0 Å². The number of rotatable bonds is 1. The maximum Gasteiger partial charge on any atom is 0.409 e. The third kappa shape index (κ3) is 2.64. The van der Waals surface area contributed by atoms with Gasteiger partial charge in [-0.2, -0.15) is 0 Å². The number of carbonyl (C=O) groups excluding carboxylic acids is 1. The van der Waals surface area contributed by atoms with Crippen LogP contribution < -0.4 is 4.90 Å². The number of para-hydroxylation sites is 1. The van der Waals surface area contributed by atoms with Crippen molar-refractivity contribution in [1.29, 1.82) is 0 Å². The molecule has 1 aliphatic rings. The van der Waals surface area contributed by atoms with Crippen LogP contribution in [0.15, 0.2) is 24.3 Å². The van der Waals surface area contributed by atoms with E-state index in [-0.39, 0.29) is 6.09 Å². The molecule has 0 aliphatic carbocycles. The van der Waals surface area contributed by atoms with Gasteiger partial charge in [-0.15, -0.1) is 0 Å². The summed E-state index contributed by atoms with van der Waals surface area (Å²) in [6.07, 6.45) is -0.260. The van der Waals surface area contributed by atoms with E-state index >= 15 is 0 Å². The molecule has 5 heteroatoms. The smallest absolute Gasteiger partial charge is 0.409 e. The van der Waals surface area contributed by atoms with Gasteiger partial charge in [0.1, 0.15) is 0 Å². The van der Waals surface area contributed by atoms with Crippen molar-refractivity contribution in [2.75, 3.05) is 38.2 Å². The minimum absolute atomic E-state index is 0.260. The summed E-state index contributed by atoms with van der Waals surface area (Å²) in [6, 6.07) is 7.75. The molecule has 1 aromatic carbocycles. The van der Waals surface area contributed by atoms with E-state index in [2.05, 4.69) is 4.90 Å². The third-order valence-corrected chi connectivity index (χ3v) is 3.23. The molecule has 0 saturated carbocycles. The van der Waals surface area contributed by atoms with E-state index in [1.807, 2.05) is 24.3 Å². The number of piperazine rings is 1. The summed E-state index contributed by atoms with van der Waals surface area (Å²) in [5.74, 6) is 0. The van der Waals surface area contributed by atoms with Crippen LogP contribution in [0.4, 0.5) is 10.5 Å². The van der Waals surface area contributed by atoms with Crippen LogP contribution in [0.1, 0.15) is 0 Å². The molecule has 2 rings (SSSR count). The number of methoxy groups -OCH3 is 1. The van der Waals surface area contributed by atoms with E-state index in [0.717, 1.165) is 23.8 Å². The molecule has 1 aliphatic heterocycles. The van der Waals surface area contributed by atoms with Crippen molar-refractivity contribution >= 4 is 23.4 Å². The molecule has 0 atom stereocenters. The van der Waals surface area contributed by atoms with Crippen molar-refractivity contribution in [1.82, 2.24) is 4.90 Å². The largest absolute Gasteiger partial charge is 0.453 e. The molecule has 92 valence electrons. The van der Waals surface area contributed by atoms with Crippen molar-refractivity contribution in [3.8, 4) is 0 Å². The van der Waals surface area contributed by atoms with Gasteiger partial charge in [-0.3, -0.25) is 0 Å². The van der Waals surface area contributed by atoms with E-state index in [1.165, 1.54) is 7.11 Å². The number of carbonyl (C=O) groups is 1. The highest BCUT2D eigenvalue weighted by Crippen LogP contribution is 2.25. The first-order chi connectivity index (χ1) is 8.22. The summed E-state index contributed by atoms with van der Waals surface area (Å²) in [5, 5.41) is 0.749. The number of hydrogen-bond acceptors (Lipinski definition) is 3. The van der Waals surface area contributed by atoms with Crippen molar-refractivity contribution in [3.63, 3.8) is 0 Å². The van der Waals surface area contributed by atoms with Gasteiger partial charge in [0.05, 0.1) is 17.8 Å². The first-order valence-electron chi connectivity index (χ1n) is 5.54. The average molecular weight is 255 g/mol. The Kier molecular flexibility index (Phi) is 3.74. The quantitative estimate of drug-likeness (QED) is 0.771. The van der Waals surface area contributed by atoms with Gasteiger partial charge in [0.25, 0.3) is 0 Å². The standard InChI is InChI=1S/C12H15ClN2O2/c1-17-12(16)15-8-6-14(7-9-15)11-5-3-2-4-10(11)13/h2-5H,6-9H2,1H3. The molecule has 1 heterocycles. The van der Waals surface area contributed by atoms with Crippen LogP contribution in [0.3, 0.4) is 0 Å². The first kappa shape index (κ1) is 12.0. The zero-order chi connectivity index (χ0) is 12.3. The summed E-state index contributed by atoms with van der Waals surface area (Å²) < 4.78 is 4.70. The second-order valence-corrected chi connectivity index (χ2v) is 4.30. The SMILES string of the molecule is COC(=O)N1CCN(c2ccccc2Cl)CC1. The fourth-order valence-corrected chi connectivity index (χ4v) is 2.22. The lowest BCUT2D eigenvalue weighted by molar-refractivity contribution is 0.121. The van der Waals surface area contributed by atoms with Crippen molar-refractivity contribution in [2.45, 2.75) is 0 Å². The number of nitrogens with zero attached hydrogens (tertiary/aromatic N) is 2. The highest BCUT2D eigenvalue weighted by Gasteiger charge is 2.22. The average Bonchev–Trinajstić information content (AvgIpc) is 2.39. The molecular formula is C12H15ClN2O2. The molecule has 0 N–H and O–H groups in total. The summed E-state index contributed by atoms with van der Waals surface area (Å²) >= 11 is 6.14. The second-order valence-electron chi connectivity index (χ2n) is 3.90. The highest BCUT2D eigenvalue weighted by atomic mass is 35.5. The summed E-state index contributed by atoms with van der Waals surface area (Å²) in [6.45, 7) is 2.88. The Morgan fingerprint density at radius 1 is 1.24 bits per heavy atom. The zero-order valence-electron chi connectivity index (χ0n) is 9.73. The fourth-order valence-electron chi connectivity index (χ4n) is 1.97. The van der Waals surface area contributed by atoms with Gasteiger partial charge in [-0.1, -0.05) is 23.7 Å². The normalized spacial score (nSPS) is 15.9. The number of halogens is 1. The van der Waals surface area contributed by atoms with Crippen LogP contribution in [0.5, 0.6) is 0 Å². The van der Waals surface area contributed by atoms with Crippen LogP contribution in [0.25, 0.3) is 0 Å². The molecule has 0 radical (unpaired) electrons. The fraction of sp³-hybridized carbons (Fsp3) is 0.417. The Hall–Kier alpha value is -1.42. The van der Waals surface area contributed by atoms with E-state index in [4.69, 9.17) is 16.3 Å². The third-order valence-electron chi connectivity index (χ3n) is 2.91. The topological polar surface area (TPSA) is 32.8 Å². The molecule has 1 saturated heterocycles. The van der Waals surface area contributed by atoms with E-state index in [0.29, 0.717) is 13.1 Å². The first-order valence-corrected chi connectivity index (χ1v) is 5.92. The highest BCUT2D eigenvalue weighted by molar-refractivity contribution is 6.33. The van der Waals surface area contributed by atoms with Gasteiger partial charge >= 0.3 is 6.09 Å². The maximum absolute atomic E-state index is 11.3. The number of benzene rings is 1. The molecule has 0 aromatic heterocycles. The Morgan fingerprint density at radius 3 is 2.47 bits per heavy atom. The van der Waals surface area contributed by atoms with Crippen LogP contribution in [0.2, 0.25) is 5.02 Å². The molecule has 4 nitrogen and oxygen atoms in total. The minimum Gasteiger partial charge on any atom is -0.453 e.